The van der Waals surface area contributed by atoms with Gasteiger partial charge in [-0.15, -0.1) is 0 Å². The summed E-state index contributed by atoms with van der Waals surface area (Å²) in [6.07, 6.45) is 4.75. The second-order valence-electron chi connectivity index (χ2n) is 6.27. The molecule has 6 rings (SSSR count). The molecule has 4 nitrogen and oxygen atoms in total. The predicted molar refractivity (Wildman–Crippen MR) is 84.7 cm³/mol. The predicted octanol–water partition coefficient (Wildman–Crippen LogP) is 3.27. The van der Waals surface area contributed by atoms with Crippen LogP contribution in [-0.4, -0.2) is 27.9 Å². The number of aromatic nitrogens is 3. The molecule has 1 N–H and O–H groups in total. The summed E-state index contributed by atoms with van der Waals surface area (Å²) in [6, 6.07) is 8.57. The van der Waals surface area contributed by atoms with Crippen LogP contribution in [0.5, 0.6) is 0 Å². The first kappa shape index (κ1) is 11.4. The fraction of sp³-hybridized carbons (Fsp3) is 0.353. The van der Waals surface area contributed by atoms with Crippen molar-refractivity contribution >= 4 is 16.6 Å². The van der Waals surface area contributed by atoms with Gasteiger partial charge in [0, 0.05) is 48.7 Å². The van der Waals surface area contributed by atoms with Gasteiger partial charge in [0.15, 0.2) is 0 Å². The highest BCUT2D eigenvalue weighted by atomic mass is 15.2. The van der Waals surface area contributed by atoms with Gasteiger partial charge in [0.2, 0.25) is 0 Å². The standard InChI is InChI=1S/C17H18N4/c1-20-10-13(12-4-2-3-5-14(12)20)16-17-15(18-19-16)11-6-8-21(17)9-7-11/h2-5,10-11H,6-9H2,1H3,(H,18,19). The number of fused-ring (bicyclic) bond motifs is 3. The zero-order valence-electron chi connectivity index (χ0n) is 12.1. The van der Waals surface area contributed by atoms with E-state index in [1.54, 1.807) is 0 Å². The number of aryl methyl sites for hydroxylation is 1. The van der Waals surface area contributed by atoms with Crippen LogP contribution < -0.4 is 4.90 Å². The van der Waals surface area contributed by atoms with E-state index in [0.717, 1.165) is 5.69 Å². The molecule has 0 atom stereocenters. The van der Waals surface area contributed by atoms with E-state index in [0.29, 0.717) is 5.92 Å². The van der Waals surface area contributed by atoms with E-state index in [4.69, 9.17) is 5.10 Å². The van der Waals surface area contributed by atoms with Crippen LogP contribution in [0, 0.1) is 0 Å². The molecule has 2 aromatic heterocycles. The number of rotatable bonds is 1. The van der Waals surface area contributed by atoms with Crippen molar-refractivity contribution in [2.75, 3.05) is 18.0 Å². The molecule has 0 spiro atoms. The molecule has 1 aromatic carbocycles. The average Bonchev–Trinajstić information content (AvgIpc) is 3.12. The molecule has 106 valence electrons. The van der Waals surface area contributed by atoms with Crippen LogP contribution in [0.2, 0.25) is 0 Å². The van der Waals surface area contributed by atoms with Crippen LogP contribution >= 0.6 is 0 Å². The summed E-state index contributed by atoms with van der Waals surface area (Å²) in [5.41, 5.74) is 6.36. The Labute approximate surface area is 123 Å². The van der Waals surface area contributed by atoms with Gasteiger partial charge >= 0.3 is 0 Å². The average molecular weight is 278 g/mol. The molecule has 0 aliphatic carbocycles. The highest BCUT2D eigenvalue weighted by molar-refractivity contribution is 5.98. The molecule has 3 aromatic rings. The van der Waals surface area contributed by atoms with Gasteiger partial charge in [-0.3, -0.25) is 5.10 Å². The van der Waals surface area contributed by atoms with Crippen LogP contribution in [0.1, 0.15) is 24.5 Å². The third kappa shape index (κ3) is 1.42. The van der Waals surface area contributed by atoms with Crippen molar-refractivity contribution in [3.63, 3.8) is 0 Å². The van der Waals surface area contributed by atoms with E-state index in [9.17, 15) is 0 Å². The van der Waals surface area contributed by atoms with Crippen LogP contribution in [0.4, 0.5) is 5.69 Å². The molecule has 2 bridgehead atoms. The number of nitrogens with one attached hydrogen (secondary N) is 1. The number of para-hydroxylation sites is 1. The van der Waals surface area contributed by atoms with E-state index in [-0.39, 0.29) is 0 Å². The van der Waals surface area contributed by atoms with Gasteiger partial charge in [0.1, 0.15) is 5.69 Å². The number of H-pyrrole nitrogens is 1. The lowest BCUT2D eigenvalue weighted by Gasteiger charge is -2.40. The van der Waals surface area contributed by atoms with Crippen molar-refractivity contribution in [2.24, 2.45) is 7.05 Å². The Balaban J connectivity index is 1.78. The van der Waals surface area contributed by atoms with E-state index >= 15 is 0 Å². The Hall–Kier alpha value is -2.23. The number of benzene rings is 1. The van der Waals surface area contributed by atoms with Crippen LogP contribution in [0.15, 0.2) is 30.5 Å². The molecule has 5 heterocycles. The fourth-order valence-electron chi connectivity index (χ4n) is 4.06. The van der Waals surface area contributed by atoms with Gasteiger partial charge in [-0.1, -0.05) is 18.2 Å². The van der Waals surface area contributed by atoms with E-state index in [1.807, 2.05) is 0 Å². The summed E-state index contributed by atoms with van der Waals surface area (Å²) < 4.78 is 2.20. The van der Waals surface area contributed by atoms with Gasteiger partial charge in [-0.25, -0.2) is 0 Å². The lowest BCUT2D eigenvalue weighted by molar-refractivity contribution is 0.466. The zero-order chi connectivity index (χ0) is 14.0. The molecule has 0 saturated carbocycles. The van der Waals surface area contributed by atoms with E-state index in [2.05, 4.69) is 52.1 Å². The number of anilines is 1. The Morgan fingerprint density at radius 1 is 1.19 bits per heavy atom. The molecule has 3 aliphatic heterocycles. The number of hydrogen-bond donors (Lipinski definition) is 1. The minimum Gasteiger partial charge on any atom is -0.368 e. The van der Waals surface area contributed by atoms with Crippen LogP contribution in [0.3, 0.4) is 0 Å². The topological polar surface area (TPSA) is 36.9 Å². The molecule has 1 saturated heterocycles. The number of hydrogen-bond acceptors (Lipinski definition) is 2. The smallest absolute Gasteiger partial charge is 0.118 e. The van der Waals surface area contributed by atoms with Crippen molar-refractivity contribution in [3.8, 4) is 11.3 Å². The minimum atomic E-state index is 0.682. The number of nitrogens with zero attached hydrogens (tertiary/aromatic N) is 3. The van der Waals surface area contributed by atoms with Gasteiger partial charge in [0.25, 0.3) is 0 Å². The second kappa shape index (κ2) is 3.91. The highest BCUT2D eigenvalue weighted by Gasteiger charge is 2.35. The Morgan fingerprint density at radius 3 is 2.86 bits per heavy atom. The van der Waals surface area contributed by atoms with Crippen molar-refractivity contribution in [3.05, 3.63) is 36.2 Å². The second-order valence-corrected chi connectivity index (χ2v) is 6.27. The third-order valence-electron chi connectivity index (χ3n) is 5.14. The number of aromatic amines is 1. The SMILES string of the molecule is Cn1cc(-c2n[nH]c3c2N2CCC3CC2)c2ccccc21. The van der Waals surface area contributed by atoms with Crippen LogP contribution in [0.25, 0.3) is 22.2 Å². The molecule has 21 heavy (non-hydrogen) atoms. The van der Waals surface area contributed by atoms with E-state index in [1.165, 1.54) is 53.8 Å². The first-order chi connectivity index (χ1) is 10.3. The van der Waals surface area contributed by atoms with Crippen molar-refractivity contribution in [1.82, 2.24) is 14.8 Å². The third-order valence-corrected chi connectivity index (χ3v) is 5.14. The van der Waals surface area contributed by atoms with Gasteiger partial charge in [0.05, 0.1) is 11.4 Å². The van der Waals surface area contributed by atoms with Gasteiger partial charge in [-0.05, 0) is 18.9 Å². The molecule has 0 unspecified atom stereocenters. The monoisotopic (exact) mass is 278 g/mol. The summed E-state index contributed by atoms with van der Waals surface area (Å²) in [5, 5.41) is 9.31. The largest absolute Gasteiger partial charge is 0.368 e. The maximum Gasteiger partial charge on any atom is 0.118 e. The summed E-state index contributed by atoms with van der Waals surface area (Å²) >= 11 is 0. The van der Waals surface area contributed by atoms with Gasteiger partial charge < -0.3 is 9.47 Å². The Morgan fingerprint density at radius 2 is 2.00 bits per heavy atom. The van der Waals surface area contributed by atoms with Crippen molar-refractivity contribution < 1.29 is 0 Å². The Kier molecular flexibility index (Phi) is 2.13. The molecule has 4 heteroatoms. The highest BCUT2D eigenvalue weighted by Crippen LogP contribution is 2.46. The first-order valence-corrected chi connectivity index (χ1v) is 7.70. The summed E-state index contributed by atoms with van der Waals surface area (Å²) in [4.78, 5) is 2.51. The quantitative estimate of drug-likeness (QED) is 0.741. The van der Waals surface area contributed by atoms with Crippen LogP contribution in [-0.2, 0) is 7.05 Å². The number of piperidine rings is 1. The molecule has 0 radical (unpaired) electrons. The lowest BCUT2D eigenvalue weighted by atomic mass is 9.86. The summed E-state index contributed by atoms with van der Waals surface area (Å²) in [7, 11) is 2.11. The fourth-order valence-corrected chi connectivity index (χ4v) is 4.06. The van der Waals surface area contributed by atoms with Crippen molar-refractivity contribution in [1.29, 1.82) is 0 Å². The first-order valence-electron chi connectivity index (χ1n) is 7.70. The van der Waals surface area contributed by atoms with E-state index < -0.39 is 0 Å². The van der Waals surface area contributed by atoms with Gasteiger partial charge in [-0.2, -0.15) is 5.10 Å². The molecule has 0 amide bonds. The Bertz CT molecular complexity index is 834. The molecule has 1 fully saturated rings. The molecular weight excluding hydrogens is 260 g/mol. The maximum atomic E-state index is 4.69. The van der Waals surface area contributed by atoms with Crippen molar-refractivity contribution in [2.45, 2.75) is 18.8 Å². The summed E-state index contributed by atoms with van der Waals surface area (Å²) in [5.74, 6) is 0.682. The lowest BCUT2D eigenvalue weighted by Crippen LogP contribution is -2.38. The maximum absolute atomic E-state index is 4.69. The molecule has 3 aliphatic rings. The normalized spacial score (nSPS) is 17.7. The molecular formula is C17H18N4. The minimum absolute atomic E-state index is 0.682. The zero-order valence-corrected chi connectivity index (χ0v) is 12.1. The summed E-state index contributed by atoms with van der Waals surface area (Å²) in [6.45, 7) is 2.35.